The fourth-order valence-corrected chi connectivity index (χ4v) is 4.27. The second-order valence-corrected chi connectivity index (χ2v) is 8.11. The van der Waals surface area contributed by atoms with E-state index >= 15 is 0 Å². The minimum Gasteiger partial charge on any atom is -0.351 e. The monoisotopic (exact) mass is 419 g/mol. The first-order chi connectivity index (χ1) is 15.0. The third-order valence-electron chi connectivity index (χ3n) is 5.72. The van der Waals surface area contributed by atoms with Crippen LogP contribution in [0.1, 0.15) is 24.2 Å². The molecule has 0 spiro atoms. The van der Waals surface area contributed by atoms with Crippen LogP contribution in [0.25, 0.3) is 5.69 Å². The summed E-state index contributed by atoms with van der Waals surface area (Å²) in [5.41, 5.74) is 3.49. The molecule has 3 aromatic rings. The second kappa shape index (κ2) is 9.26. The van der Waals surface area contributed by atoms with Crippen molar-refractivity contribution in [3.8, 4) is 5.69 Å². The van der Waals surface area contributed by atoms with Gasteiger partial charge in [-0.2, -0.15) is 10.2 Å². The van der Waals surface area contributed by atoms with Crippen molar-refractivity contribution in [3.05, 3.63) is 60.0 Å². The number of aryl methyl sites for hydroxylation is 1. The van der Waals surface area contributed by atoms with Crippen molar-refractivity contribution in [2.45, 2.75) is 32.7 Å². The molecule has 1 amide bonds. The molecule has 1 atom stereocenters. The highest BCUT2D eigenvalue weighted by atomic mass is 16.2. The molecule has 0 bridgehead atoms. The van der Waals surface area contributed by atoms with E-state index in [0.29, 0.717) is 12.6 Å². The van der Waals surface area contributed by atoms with E-state index in [1.807, 2.05) is 68.0 Å². The van der Waals surface area contributed by atoms with E-state index in [9.17, 15) is 4.79 Å². The van der Waals surface area contributed by atoms with Crippen molar-refractivity contribution in [1.29, 1.82) is 0 Å². The van der Waals surface area contributed by atoms with Crippen LogP contribution in [0, 0.1) is 13.8 Å². The Kier molecular flexibility index (Phi) is 6.27. The van der Waals surface area contributed by atoms with Crippen LogP contribution in [0.4, 0.5) is 11.5 Å². The van der Waals surface area contributed by atoms with E-state index in [1.165, 1.54) is 0 Å². The van der Waals surface area contributed by atoms with Gasteiger partial charge in [-0.15, -0.1) is 5.10 Å². The zero-order valence-corrected chi connectivity index (χ0v) is 18.3. The zero-order valence-electron chi connectivity index (χ0n) is 18.3. The third-order valence-corrected chi connectivity index (χ3v) is 5.72. The maximum Gasteiger partial charge on any atom is 0.238 e. The topological polar surface area (TPSA) is 79.2 Å². The molecule has 8 nitrogen and oxygen atoms in total. The molecular formula is C23H29N7O. The lowest BCUT2D eigenvalue weighted by molar-refractivity contribution is -0.117. The Morgan fingerprint density at radius 2 is 2.00 bits per heavy atom. The lowest BCUT2D eigenvalue weighted by atomic mass is 10.2. The average molecular weight is 420 g/mol. The Balaban J connectivity index is 1.37. The lowest BCUT2D eigenvalue weighted by Gasteiger charge is -2.28. The number of carbonyl (C=O) groups excluding carboxylic acids is 1. The molecule has 2 aromatic heterocycles. The summed E-state index contributed by atoms with van der Waals surface area (Å²) in [6, 6.07) is 14.2. The highest BCUT2D eigenvalue weighted by Crippen LogP contribution is 2.24. The molecule has 1 N–H and O–H groups in total. The van der Waals surface area contributed by atoms with Crippen LogP contribution in [0.3, 0.4) is 0 Å². The Morgan fingerprint density at radius 3 is 2.74 bits per heavy atom. The Labute approximate surface area is 182 Å². The van der Waals surface area contributed by atoms with Crippen LogP contribution in [-0.4, -0.2) is 63.5 Å². The molecular weight excluding hydrogens is 390 g/mol. The molecule has 1 saturated heterocycles. The minimum absolute atomic E-state index is 0.0367. The quantitative estimate of drug-likeness (QED) is 0.634. The summed E-state index contributed by atoms with van der Waals surface area (Å²) in [4.78, 5) is 17.1. The van der Waals surface area contributed by atoms with Crippen molar-refractivity contribution >= 4 is 17.4 Å². The fourth-order valence-electron chi connectivity index (χ4n) is 4.27. The Morgan fingerprint density at radius 1 is 1.19 bits per heavy atom. The summed E-state index contributed by atoms with van der Waals surface area (Å²) in [5, 5.41) is 15.9. The molecule has 3 heterocycles. The van der Waals surface area contributed by atoms with Gasteiger partial charge in [-0.05, 0) is 58.0 Å². The van der Waals surface area contributed by atoms with Crippen molar-refractivity contribution in [3.63, 3.8) is 0 Å². The summed E-state index contributed by atoms with van der Waals surface area (Å²) in [6.45, 7) is 5.98. The van der Waals surface area contributed by atoms with Crippen LogP contribution in [0.15, 0.2) is 48.7 Å². The van der Waals surface area contributed by atoms with Crippen LogP contribution in [-0.2, 0) is 4.79 Å². The molecule has 1 aliphatic rings. The highest BCUT2D eigenvalue weighted by Gasteiger charge is 2.27. The maximum atomic E-state index is 12.8. The van der Waals surface area contributed by atoms with Gasteiger partial charge >= 0.3 is 0 Å². The Bertz CT molecular complexity index is 1020. The number of hydrogen-bond donors (Lipinski definition) is 1. The van der Waals surface area contributed by atoms with Gasteiger partial charge in [0, 0.05) is 25.3 Å². The normalized spacial score (nSPS) is 16.1. The van der Waals surface area contributed by atoms with E-state index < -0.39 is 0 Å². The standard InChI is InChI=1S/C23H29N7O/c1-17-23(18(2)30(27-17)19-9-5-4-6-10-19)25-22(31)16-28(3)15-20-11-8-14-29(20)21-12-7-13-24-26-21/h4-7,9-10,12-13,20H,8,11,14-16H2,1-3H3,(H,25,31). The van der Waals surface area contributed by atoms with Crippen molar-refractivity contribution in [1.82, 2.24) is 24.9 Å². The average Bonchev–Trinajstić information content (AvgIpc) is 3.34. The molecule has 0 aliphatic carbocycles. The lowest BCUT2D eigenvalue weighted by Crippen LogP contribution is -2.42. The number of aromatic nitrogens is 4. The van der Waals surface area contributed by atoms with Gasteiger partial charge in [0.05, 0.1) is 29.3 Å². The number of amides is 1. The highest BCUT2D eigenvalue weighted by molar-refractivity contribution is 5.93. The number of rotatable bonds is 7. The number of nitrogens with zero attached hydrogens (tertiary/aromatic N) is 6. The van der Waals surface area contributed by atoms with E-state index in [-0.39, 0.29) is 5.91 Å². The molecule has 4 rings (SSSR count). The predicted octanol–water partition coefficient (Wildman–Crippen LogP) is 2.82. The number of hydrogen-bond acceptors (Lipinski definition) is 6. The summed E-state index contributed by atoms with van der Waals surface area (Å²) < 4.78 is 1.87. The molecule has 1 fully saturated rings. The first-order valence-corrected chi connectivity index (χ1v) is 10.7. The molecule has 1 unspecified atom stereocenters. The predicted molar refractivity (Wildman–Crippen MR) is 122 cm³/mol. The van der Waals surface area contributed by atoms with Gasteiger partial charge in [0.1, 0.15) is 0 Å². The summed E-state index contributed by atoms with van der Waals surface area (Å²) in [7, 11) is 1.99. The van der Waals surface area contributed by atoms with Gasteiger partial charge < -0.3 is 10.2 Å². The van der Waals surface area contributed by atoms with Crippen molar-refractivity contribution in [2.75, 3.05) is 36.9 Å². The fraction of sp³-hybridized carbons (Fsp3) is 0.391. The second-order valence-electron chi connectivity index (χ2n) is 8.11. The van der Waals surface area contributed by atoms with Gasteiger partial charge in [0.2, 0.25) is 5.91 Å². The van der Waals surface area contributed by atoms with Gasteiger partial charge in [-0.25, -0.2) is 4.68 Å². The van der Waals surface area contributed by atoms with E-state index in [1.54, 1.807) is 6.20 Å². The van der Waals surface area contributed by atoms with Gasteiger partial charge in [0.15, 0.2) is 5.82 Å². The van der Waals surface area contributed by atoms with Gasteiger partial charge in [0.25, 0.3) is 0 Å². The summed E-state index contributed by atoms with van der Waals surface area (Å²) in [5.74, 6) is 0.868. The van der Waals surface area contributed by atoms with Crippen LogP contribution in [0.5, 0.6) is 0 Å². The van der Waals surface area contributed by atoms with E-state index in [4.69, 9.17) is 0 Å². The smallest absolute Gasteiger partial charge is 0.238 e. The molecule has 1 aromatic carbocycles. The zero-order chi connectivity index (χ0) is 21.8. The molecule has 0 saturated carbocycles. The number of likely N-dealkylation sites (N-methyl/N-ethyl adjacent to an activating group) is 1. The van der Waals surface area contributed by atoms with Gasteiger partial charge in [-0.3, -0.25) is 9.69 Å². The first kappa shape index (κ1) is 21.0. The molecule has 162 valence electrons. The van der Waals surface area contributed by atoms with Crippen molar-refractivity contribution in [2.24, 2.45) is 0 Å². The van der Waals surface area contributed by atoms with Crippen LogP contribution in [0.2, 0.25) is 0 Å². The minimum atomic E-state index is -0.0367. The van der Waals surface area contributed by atoms with Crippen LogP contribution < -0.4 is 10.2 Å². The number of anilines is 2. The maximum absolute atomic E-state index is 12.8. The van der Waals surface area contributed by atoms with Crippen molar-refractivity contribution < 1.29 is 4.79 Å². The summed E-state index contributed by atoms with van der Waals surface area (Å²) in [6.07, 6.45) is 3.90. The molecule has 8 heteroatoms. The molecule has 31 heavy (non-hydrogen) atoms. The largest absolute Gasteiger partial charge is 0.351 e. The SMILES string of the molecule is Cc1nn(-c2ccccc2)c(C)c1NC(=O)CN(C)CC1CCCN1c1cccnn1. The van der Waals surface area contributed by atoms with Gasteiger partial charge in [-0.1, -0.05) is 18.2 Å². The van der Waals surface area contributed by atoms with Crippen LogP contribution >= 0.6 is 0 Å². The van der Waals surface area contributed by atoms with E-state index in [2.05, 4.69) is 30.4 Å². The first-order valence-electron chi connectivity index (χ1n) is 10.7. The Hall–Kier alpha value is -3.26. The number of nitrogens with one attached hydrogen (secondary N) is 1. The number of benzene rings is 1. The third kappa shape index (κ3) is 4.74. The molecule has 1 aliphatic heterocycles. The number of carbonyl (C=O) groups is 1. The number of para-hydroxylation sites is 1. The van der Waals surface area contributed by atoms with E-state index in [0.717, 1.165) is 54.5 Å². The molecule has 0 radical (unpaired) electrons. The summed E-state index contributed by atoms with van der Waals surface area (Å²) >= 11 is 0.